The number of nitrogens with zero attached hydrogens (tertiary/aromatic N) is 1. The highest BCUT2D eigenvalue weighted by molar-refractivity contribution is 5.76. The van der Waals surface area contributed by atoms with Crippen molar-refractivity contribution in [1.82, 2.24) is 4.57 Å². The molecule has 3 aliphatic rings. The molecule has 1 aromatic rings. The predicted molar refractivity (Wildman–Crippen MR) is 88.9 cm³/mol. The molecule has 4 rings (SSSR count). The number of allylic oxidation sites excluding steroid dienone is 9. The third-order valence-electron chi connectivity index (χ3n) is 5.02. The van der Waals surface area contributed by atoms with Crippen LogP contribution in [0.3, 0.4) is 0 Å². The maximum atomic E-state index is 2.39. The Morgan fingerprint density at radius 3 is 2.71 bits per heavy atom. The first-order valence-electron chi connectivity index (χ1n) is 7.75. The Hall–Kier alpha value is -2.02. The molecule has 1 aliphatic heterocycles. The number of hydrogen-bond donors (Lipinski definition) is 0. The molecule has 0 fully saturated rings. The van der Waals surface area contributed by atoms with Crippen LogP contribution in [0.1, 0.15) is 33.4 Å². The van der Waals surface area contributed by atoms with Crippen molar-refractivity contribution in [1.29, 1.82) is 0 Å². The first-order chi connectivity index (χ1) is 10.0. The molecule has 2 aliphatic carbocycles. The summed E-state index contributed by atoms with van der Waals surface area (Å²) in [7, 11) is 0. The second-order valence-corrected chi connectivity index (χ2v) is 6.80. The fourth-order valence-corrected chi connectivity index (χ4v) is 3.81. The molecule has 0 saturated heterocycles. The molecule has 0 unspecified atom stereocenters. The van der Waals surface area contributed by atoms with Gasteiger partial charge in [0.25, 0.3) is 0 Å². The van der Waals surface area contributed by atoms with Crippen molar-refractivity contribution in [3.8, 4) is 0 Å². The van der Waals surface area contributed by atoms with Crippen LogP contribution in [0, 0.1) is 5.92 Å². The minimum absolute atomic E-state index is 0.0837. The van der Waals surface area contributed by atoms with Gasteiger partial charge in [0.05, 0.1) is 5.54 Å². The van der Waals surface area contributed by atoms with Crippen molar-refractivity contribution in [3.63, 3.8) is 0 Å². The lowest BCUT2D eigenvalue weighted by Crippen LogP contribution is -2.33. The van der Waals surface area contributed by atoms with Crippen LogP contribution in [0.4, 0.5) is 0 Å². The summed E-state index contributed by atoms with van der Waals surface area (Å²) in [6.07, 6.45) is 13.9. The van der Waals surface area contributed by atoms with Crippen LogP contribution in [0.5, 0.6) is 0 Å². The minimum Gasteiger partial charge on any atom is -0.334 e. The van der Waals surface area contributed by atoms with Gasteiger partial charge < -0.3 is 4.57 Å². The number of fused-ring (bicyclic) bond motifs is 2. The maximum Gasteiger partial charge on any atom is 0.0866 e. The van der Waals surface area contributed by atoms with Gasteiger partial charge in [0.1, 0.15) is 0 Å². The molecule has 1 nitrogen and oxygen atoms in total. The lowest BCUT2D eigenvalue weighted by molar-refractivity contribution is 0.483. The average molecular weight is 275 g/mol. The Balaban J connectivity index is 2.06. The Morgan fingerprint density at radius 2 is 1.95 bits per heavy atom. The van der Waals surface area contributed by atoms with Crippen molar-refractivity contribution in [2.24, 2.45) is 5.92 Å². The zero-order valence-corrected chi connectivity index (χ0v) is 13.1. The van der Waals surface area contributed by atoms with Crippen LogP contribution in [0.25, 0.3) is 6.08 Å². The van der Waals surface area contributed by atoms with Gasteiger partial charge in [-0.3, -0.25) is 0 Å². The van der Waals surface area contributed by atoms with E-state index in [9.17, 15) is 0 Å². The van der Waals surface area contributed by atoms with E-state index in [4.69, 9.17) is 0 Å². The molecule has 0 radical (unpaired) electrons. The van der Waals surface area contributed by atoms with Crippen molar-refractivity contribution in [3.05, 3.63) is 76.2 Å². The molecule has 0 N–H and O–H groups in total. The molecule has 0 saturated carbocycles. The number of hydrogen-bond acceptors (Lipinski definition) is 0. The normalized spacial score (nSPS) is 26.2. The molecule has 1 heteroatoms. The van der Waals surface area contributed by atoms with E-state index >= 15 is 0 Å². The summed E-state index contributed by atoms with van der Waals surface area (Å²) >= 11 is 0. The Bertz CT molecular complexity index is 790. The molecule has 2 heterocycles. The van der Waals surface area contributed by atoms with Crippen molar-refractivity contribution >= 4 is 6.08 Å². The molecule has 1 aromatic heterocycles. The second kappa shape index (κ2) is 4.00. The molecule has 21 heavy (non-hydrogen) atoms. The largest absolute Gasteiger partial charge is 0.334 e. The van der Waals surface area contributed by atoms with E-state index < -0.39 is 0 Å². The van der Waals surface area contributed by atoms with Gasteiger partial charge in [-0.15, -0.1) is 0 Å². The quantitative estimate of drug-likeness (QED) is 0.679. The van der Waals surface area contributed by atoms with E-state index in [-0.39, 0.29) is 5.54 Å². The van der Waals surface area contributed by atoms with Crippen molar-refractivity contribution in [2.45, 2.75) is 33.2 Å². The first kappa shape index (κ1) is 12.7. The van der Waals surface area contributed by atoms with E-state index in [0.29, 0.717) is 5.92 Å². The molecule has 106 valence electrons. The monoisotopic (exact) mass is 275 g/mol. The molecule has 0 spiro atoms. The predicted octanol–water partition coefficient (Wildman–Crippen LogP) is 5.01. The molecular weight excluding hydrogens is 254 g/mol. The smallest absolute Gasteiger partial charge is 0.0866 e. The zero-order valence-electron chi connectivity index (χ0n) is 13.1. The lowest BCUT2D eigenvalue weighted by atomic mass is 9.82. The molecule has 0 aromatic carbocycles. The maximum absolute atomic E-state index is 2.39. The lowest BCUT2D eigenvalue weighted by Gasteiger charge is -2.36. The standard InChI is InChI=1S/C20H21N/c1-13(2)15-7-8-20(4)19-16(10-14(3)18(19)12-15)11-17-6-5-9-21(17)20/h5-13H,1-4H3/t20-/m0/s1. The SMILES string of the molecule is CC1=CC2=Cc3cccn3[C@@]3(C)C=CC(C(C)C)=CC1=C23. The highest BCUT2D eigenvalue weighted by Crippen LogP contribution is 2.48. The van der Waals surface area contributed by atoms with Gasteiger partial charge in [0.15, 0.2) is 0 Å². The van der Waals surface area contributed by atoms with Crippen molar-refractivity contribution < 1.29 is 0 Å². The van der Waals surface area contributed by atoms with Gasteiger partial charge in [-0.1, -0.05) is 38.2 Å². The Morgan fingerprint density at radius 1 is 1.14 bits per heavy atom. The minimum atomic E-state index is -0.0837. The second-order valence-electron chi connectivity index (χ2n) is 6.80. The molecular formula is C20H21N. The van der Waals surface area contributed by atoms with Crippen LogP contribution < -0.4 is 0 Å². The summed E-state index contributed by atoms with van der Waals surface area (Å²) in [6, 6.07) is 4.34. The van der Waals surface area contributed by atoms with E-state index in [1.54, 1.807) is 0 Å². The van der Waals surface area contributed by atoms with Gasteiger partial charge in [-0.25, -0.2) is 0 Å². The van der Waals surface area contributed by atoms with Gasteiger partial charge in [-0.05, 0) is 65.8 Å². The van der Waals surface area contributed by atoms with Gasteiger partial charge >= 0.3 is 0 Å². The van der Waals surface area contributed by atoms with Gasteiger partial charge in [0.2, 0.25) is 0 Å². The summed E-state index contributed by atoms with van der Waals surface area (Å²) in [4.78, 5) is 0. The van der Waals surface area contributed by atoms with E-state index in [1.165, 1.54) is 33.6 Å². The van der Waals surface area contributed by atoms with Gasteiger partial charge in [0, 0.05) is 11.9 Å². The van der Waals surface area contributed by atoms with Crippen molar-refractivity contribution in [2.75, 3.05) is 0 Å². The van der Waals surface area contributed by atoms with E-state index in [0.717, 1.165) is 0 Å². The molecule has 1 atom stereocenters. The highest BCUT2D eigenvalue weighted by Gasteiger charge is 2.39. The number of rotatable bonds is 1. The third kappa shape index (κ3) is 1.58. The summed E-state index contributed by atoms with van der Waals surface area (Å²) in [5.41, 5.74) is 8.25. The average Bonchev–Trinajstić information content (AvgIpc) is 2.95. The molecule has 0 bridgehead atoms. The summed E-state index contributed by atoms with van der Waals surface area (Å²) < 4.78 is 2.39. The number of aromatic nitrogens is 1. The van der Waals surface area contributed by atoms with E-state index in [1.807, 2.05) is 0 Å². The topological polar surface area (TPSA) is 4.93 Å². The highest BCUT2D eigenvalue weighted by atomic mass is 15.1. The Kier molecular flexibility index (Phi) is 2.42. The van der Waals surface area contributed by atoms with Crippen LogP contribution in [-0.4, -0.2) is 4.57 Å². The first-order valence-corrected chi connectivity index (χ1v) is 7.75. The van der Waals surface area contributed by atoms with Gasteiger partial charge in [-0.2, -0.15) is 0 Å². The summed E-state index contributed by atoms with van der Waals surface area (Å²) in [5, 5.41) is 0. The zero-order chi connectivity index (χ0) is 14.8. The fraction of sp³-hybridized carbons (Fsp3) is 0.300. The molecule has 0 amide bonds. The van der Waals surface area contributed by atoms with E-state index in [2.05, 4.69) is 81.0 Å². The summed E-state index contributed by atoms with van der Waals surface area (Å²) in [6.45, 7) is 9.10. The Labute approximate surface area is 126 Å². The van der Waals surface area contributed by atoms with Crippen LogP contribution in [0.15, 0.2) is 70.5 Å². The third-order valence-corrected chi connectivity index (χ3v) is 5.02. The van der Waals surface area contributed by atoms with Crippen LogP contribution in [-0.2, 0) is 5.54 Å². The van der Waals surface area contributed by atoms with Crippen LogP contribution in [0.2, 0.25) is 0 Å². The summed E-state index contributed by atoms with van der Waals surface area (Å²) in [5.74, 6) is 0.545. The fourth-order valence-electron chi connectivity index (χ4n) is 3.81. The van der Waals surface area contributed by atoms with Crippen LogP contribution >= 0.6 is 0 Å².